The number of carbonyl (C=O) groups is 2. The van der Waals surface area contributed by atoms with Gasteiger partial charge in [0.15, 0.2) is 0 Å². The van der Waals surface area contributed by atoms with Crippen LogP contribution in [-0.2, 0) is 26.2 Å². The van der Waals surface area contributed by atoms with Crippen molar-refractivity contribution in [1.29, 1.82) is 0 Å². The van der Waals surface area contributed by atoms with Crippen molar-refractivity contribution in [2.45, 2.75) is 39.8 Å². The fourth-order valence-corrected chi connectivity index (χ4v) is 4.41. The molecular weight excluding hydrogens is 414 g/mol. The smallest absolute Gasteiger partial charge is 0.244 e. The Bertz CT molecular complexity index is 1000. The van der Waals surface area contributed by atoms with E-state index in [1.54, 1.807) is 12.1 Å². The summed E-state index contributed by atoms with van der Waals surface area (Å²) in [4.78, 5) is 27.3. The molecule has 2 amide bonds. The van der Waals surface area contributed by atoms with Crippen LogP contribution in [0.25, 0.3) is 0 Å². The van der Waals surface area contributed by atoms with E-state index in [0.29, 0.717) is 12.1 Å². The summed E-state index contributed by atoms with van der Waals surface area (Å²) in [5.41, 5.74) is 3.08. The summed E-state index contributed by atoms with van der Waals surface area (Å²) in [6.07, 6.45) is 1.48. The van der Waals surface area contributed by atoms with Gasteiger partial charge in [-0.1, -0.05) is 43.3 Å². The molecule has 0 radical (unpaired) electrons. The van der Waals surface area contributed by atoms with Crippen LogP contribution >= 0.6 is 0 Å². The van der Waals surface area contributed by atoms with Gasteiger partial charge in [-0.3, -0.25) is 13.9 Å². The molecule has 0 fully saturated rings. The molecule has 168 valence electrons. The first-order valence-electron chi connectivity index (χ1n) is 10.2. The number of anilines is 1. The Morgan fingerprint density at radius 1 is 1.03 bits per heavy atom. The third-order valence-electron chi connectivity index (χ3n) is 5.00. The molecule has 2 rings (SSSR count). The van der Waals surface area contributed by atoms with Crippen LogP contribution in [0.1, 0.15) is 30.0 Å². The number of amides is 2. The van der Waals surface area contributed by atoms with E-state index < -0.39 is 22.0 Å². The lowest BCUT2D eigenvalue weighted by Gasteiger charge is -2.32. The van der Waals surface area contributed by atoms with Gasteiger partial charge in [0.2, 0.25) is 21.8 Å². The summed E-state index contributed by atoms with van der Waals surface area (Å²) in [7, 11) is -2.20. The fraction of sp³-hybridized carbons (Fsp3) is 0.391. The van der Waals surface area contributed by atoms with Crippen LogP contribution < -0.4 is 9.62 Å². The van der Waals surface area contributed by atoms with Crippen LogP contribution in [0.4, 0.5) is 5.69 Å². The molecule has 0 aliphatic rings. The van der Waals surface area contributed by atoms with Gasteiger partial charge in [0.1, 0.15) is 12.6 Å². The molecule has 0 heterocycles. The van der Waals surface area contributed by atoms with Crippen LogP contribution in [0.2, 0.25) is 0 Å². The Morgan fingerprint density at radius 2 is 1.61 bits per heavy atom. The van der Waals surface area contributed by atoms with Crippen LogP contribution in [0.15, 0.2) is 48.5 Å². The van der Waals surface area contributed by atoms with Crippen LogP contribution in [0.3, 0.4) is 0 Å². The topological polar surface area (TPSA) is 86.8 Å². The Labute approximate surface area is 185 Å². The molecular formula is C23H31N3O4S. The number of nitrogens with one attached hydrogen (secondary N) is 1. The van der Waals surface area contributed by atoms with Crippen LogP contribution in [0, 0.1) is 13.8 Å². The van der Waals surface area contributed by atoms with Gasteiger partial charge in [-0.2, -0.15) is 0 Å². The highest BCUT2D eigenvalue weighted by Gasteiger charge is 2.31. The van der Waals surface area contributed by atoms with Crippen molar-refractivity contribution in [2.75, 3.05) is 24.2 Å². The number of nitrogens with zero attached hydrogens (tertiary/aromatic N) is 2. The van der Waals surface area contributed by atoms with Gasteiger partial charge in [-0.25, -0.2) is 8.42 Å². The SMILES string of the molecule is CC[C@@H](C(=O)NC)N(Cc1ccccc1)C(=O)CN(c1cc(C)cc(C)c1)S(C)(=O)=O. The molecule has 0 aromatic heterocycles. The maximum absolute atomic E-state index is 13.4. The minimum absolute atomic E-state index is 0.204. The standard InChI is InChI=1S/C23H31N3O4S/c1-6-21(23(28)24-4)25(15-19-10-8-7-9-11-19)22(27)16-26(31(5,29)30)20-13-17(2)12-18(3)14-20/h7-14,21H,6,15-16H2,1-5H3,(H,24,28)/t21-/m0/s1. The zero-order valence-electron chi connectivity index (χ0n) is 18.8. The van der Waals surface area contributed by atoms with E-state index in [1.807, 2.05) is 57.2 Å². The molecule has 0 unspecified atom stereocenters. The van der Waals surface area contributed by atoms with Gasteiger partial charge >= 0.3 is 0 Å². The molecule has 0 saturated carbocycles. The maximum Gasteiger partial charge on any atom is 0.244 e. The van der Waals surface area contributed by atoms with Gasteiger partial charge in [-0.05, 0) is 49.1 Å². The molecule has 0 aliphatic heterocycles. The Morgan fingerprint density at radius 3 is 2.10 bits per heavy atom. The maximum atomic E-state index is 13.4. The third kappa shape index (κ3) is 6.55. The molecule has 31 heavy (non-hydrogen) atoms. The van der Waals surface area contributed by atoms with E-state index in [-0.39, 0.29) is 19.0 Å². The van der Waals surface area contributed by atoms with Crippen molar-refractivity contribution in [1.82, 2.24) is 10.2 Å². The number of benzene rings is 2. The van der Waals surface area contributed by atoms with Crippen LogP contribution in [0.5, 0.6) is 0 Å². The van der Waals surface area contributed by atoms with E-state index in [9.17, 15) is 18.0 Å². The molecule has 1 N–H and O–H groups in total. The minimum atomic E-state index is -3.73. The first-order chi connectivity index (χ1) is 14.6. The highest BCUT2D eigenvalue weighted by atomic mass is 32.2. The second-order valence-electron chi connectivity index (χ2n) is 7.66. The van der Waals surface area contributed by atoms with E-state index in [1.165, 1.54) is 11.9 Å². The summed E-state index contributed by atoms with van der Waals surface area (Å²) >= 11 is 0. The molecule has 2 aromatic rings. The molecule has 0 aliphatic carbocycles. The lowest BCUT2D eigenvalue weighted by molar-refractivity contribution is -0.140. The Hall–Kier alpha value is -2.87. The van der Waals surface area contributed by atoms with Crippen molar-refractivity contribution in [3.63, 3.8) is 0 Å². The van der Waals surface area contributed by atoms with Gasteiger partial charge in [0, 0.05) is 13.6 Å². The second kappa shape index (κ2) is 10.4. The zero-order chi connectivity index (χ0) is 23.2. The second-order valence-corrected chi connectivity index (χ2v) is 9.57. The quantitative estimate of drug-likeness (QED) is 0.643. The lowest BCUT2D eigenvalue weighted by Crippen LogP contribution is -2.51. The predicted molar refractivity (Wildman–Crippen MR) is 123 cm³/mol. The molecule has 7 nitrogen and oxygen atoms in total. The normalized spacial score (nSPS) is 12.2. The number of sulfonamides is 1. The fourth-order valence-electron chi connectivity index (χ4n) is 3.57. The average Bonchev–Trinajstić information content (AvgIpc) is 2.70. The number of hydrogen-bond donors (Lipinski definition) is 1. The van der Waals surface area contributed by atoms with E-state index in [0.717, 1.165) is 27.3 Å². The highest BCUT2D eigenvalue weighted by Crippen LogP contribution is 2.22. The summed E-state index contributed by atoms with van der Waals surface area (Å²) < 4.78 is 26.3. The molecule has 1 atom stereocenters. The summed E-state index contributed by atoms with van der Waals surface area (Å²) in [5, 5.41) is 2.60. The first kappa shape index (κ1) is 24.4. The zero-order valence-corrected chi connectivity index (χ0v) is 19.6. The molecule has 0 saturated heterocycles. The minimum Gasteiger partial charge on any atom is -0.357 e. The van der Waals surface area contributed by atoms with Crippen molar-refractivity contribution in [3.8, 4) is 0 Å². The Kier molecular flexibility index (Phi) is 8.21. The van der Waals surface area contributed by atoms with Gasteiger partial charge in [0.25, 0.3) is 0 Å². The number of aryl methyl sites for hydroxylation is 2. The van der Waals surface area contributed by atoms with Gasteiger partial charge < -0.3 is 10.2 Å². The van der Waals surface area contributed by atoms with Crippen LogP contribution in [-0.4, -0.2) is 51.0 Å². The lowest BCUT2D eigenvalue weighted by atomic mass is 10.1. The van der Waals surface area contributed by atoms with Crippen molar-refractivity contribution in [2.24, 2.45) is 0 Å². The number of rotatable bonds is 9. The first-order valence-corrected chi connectivity index (χ1v) is 12.0. The Balaban J connectivity index is 2.44. The molecule has 0 spiro atoms. The number of likely N-dealkylation sites (N-methyl/N-ethyl adjacent to an activating group) is 1. The molecule has 8 heteroatoms. The largest absolute Gasteiger partial charge is 0.357 e. The molecule has 2 aromatic carbocycles. The highest BCUT2D eigenvalue weighted by molar-refractivity contribution is 7.92. The van der Waals surface area contributed by atoms with E-state index in [2.05, 4.69) is 5.32 Å². The average molecular weight is 446 g/mol. The number of carbonyl (C=O) groups excluding carboxylic acids is 2. The van der Waals surface area contributed by atoms with E-state index in [4.69, 9.17) is 0 Å². The number of hydrogen-bond acceptors (Lipinski definition) is 4. The molecule has 0 bridgehead atoms. The summed E-state index contributed by atoms with van der Waals surface area (Å²) in [6, 6.07) is 14.0. The van der Waals surface area contributed by atoms with Crippen molar-refractivity contribution < 1.29 is 18.0 Å². The summed E-state index contributed by atoms with van der Waals surface area (Å²) in [6.45, 7) is 5.39. The predicted octanol–water partition coefficient (Wildman–Crippen LogP) is 2.62. The van der Waals surface area contributed by atoms with Crippen molar-refractivity contribution >= 4 is 27.5 Å². The monoisotopic (exact) mass is 445 g/mol. The summed E-state index contributed by atoms with van der Waals surface area (Å²) in [5.74, 6) is -0.729. The third-order valence-corrected chi connectivity index (χ3v) is 6.14. The van der Waals surface area contributed by atoms with Gasteiger partial charge in [0.05, 0.1) is 11.9 Å². The van der Waals surface area contributed by atoms with Crippen molar-refractivity contribution in [3.05, 3.63) is 65.2 Å². The van der Waals surface area contributed by atoms with E-state index >= 15 is 0 Å². The van der Waals surface area contributed by atoms with Gasteiger partial charge in [-0.15, -0.1) is 0 Å².